The van der Waals surface area contributed by atoms with Gasteiger partial charge in [-0.25, -0.2) is 0 Å². The number of benzene rings is 1. The highest BCUT2D eigenvalue weighted by molar-refractivity contribution is 8.00. The molecule has 1 atom stereocenters. The van der Waals surface area contributed by atoms with Crippen LogP contribution in [0.2, 0.25) is 5.02 Å². The molecule has 2 rings (SSSR count). The van der Waals surface area contributed by atoms with E-state index in [1.54, 1.807) is 19.4 Å². The number of thioether (sulfide) groups is 1. The molecule has 1 aromatic rings. The van der Waals surface area contributed by atoms with Gasteiger partial charge in [-0.2, -0.15) is 0 Å². The summed E-state index contributed by atoms with van der Waals surface area (Å²) in [6, 6.07) is 3.12. The normalized spacial score (nSPS) is 15.9. The number of carbonyl (C=O) groups is 1. The number of methoxy groups -OCH3 is 1. The lowest BCUT2D eigenvalue weighted by Crippen LogP contribution is -2.22. The molecule has 1 aliphatic rings. The molecule has 1 aliphatic carbocycles. The average molecular weight is 431 g/mol. The lowest BCUT2D eigenvalue weighted by molar-refractivity contribution is 0.103. The summed E-state index contributed by atoms with van der Waals surface area (Å²) in [6.45, 7) is 0.479. The fourth-order valence-electron chi connectivity index (χ4n) is 2.49. The van der Waals surface area contributed by atoms with Crippen LogP contribution in [-0.4, -0.2) is 53.9 Å². The van der Waals surface area contributed by atoms with E-state index in [4.69, 9.17) is 21.7 Å². The van der Waals surface area contributed by atoms with Gasteiger partial charge >= 0.3 is 0 Å². The average Bonchev–Trinajstić information content (AvgIpc) is 3.47. The summed E-state index contributed by atoms with van der Waals surface area (Å²) < 4.78 is 17.1. The van der Waals surface area contributed by atoms with Gasteiger partial charge in [0, 0.05) is 31.4 Å². The Balaban J connectivity index is 2.48. The number of aliphatic hydroxyl groups is 1. The molecule has 9 heteroatoms. The topological polar surface area (TPSA) is 105 Å². The number of allylic oxidation sites excluding steroid dienone is 1. The number of halogens is 1. The van der Waals surface area contributed by atoms with E-state index in [1.807, 2.05) is 0 Å². The molecule has 0 bridgehead atoms. The van der Waals surface area contributed by atoms with Gasteiger partial charge < -0.3 is 25.1 Å². The number of aliphatic hydroxyl groups excluding tert-OH is 1. The molecule has 1 saturated carbocycles. The van der Waals surface area contributed by atoms with Gasteiger partial charge in [0.05, 0.1) is 22.2 Å². The van der Waals surface area contributed by atoms with Crippen LogP contribution in [0.25, 0.3) is 0 Å². The summed E-state index contributed by atoms with van der Waals surface area (Å²) in [7, 11) is 3.07. The van der Waals surface area contributed by atoms with Gasteiger partial charge in [-0.15, -0.1) is 11.8 Å². The molecule has 0 aliphatic heterocycles. The lowest BCUT2D eigenvalue weighted by atomic mass is 9.97. The Morgan fingerprint density at radius 3 is 2.70 bits per heavy atom. The SMILES string of the molecule is CN/C(O)=C(\C(=N)C1CC1)C(=O)c1ccc([S+](C)[O-])c(SCCOC)c1Cl. The predicted molar refractivity (Wildman–Crippen MR) is 110 cm³/mol. The Bertz CT molecular complexity index is 764. The number of carbonyl (C=O) groups excluding carboxylic acids is 1. The van der Waals surface area contributed by atoms with Crippen LogP contribution >= 0.6 is 23.4 Å². The van der Waals surface area contributed by atoms with Crippen molar-refractivity contribution in [3.8, 4) is 0 Å². The highest BCUT2D eigenvalue weighted by atomic mass is 35.5. The molecular weight excluding hydrogens is 408 g/mol. The summed E-state index contributed by atoms with van der Waals surface area (Å²) in [5, 5.41) is 21.1. The van der Waals surface area contributed by atoms with E-state index in [2.05, 4.69) is 5.32 Å². The molecule has 27 heavy (non-hydrogen) atoms. The molecule has 0 aromatic heterocycles. The first-order valence-electron chi connectivity index (χ1n) is 8.35. The Morgan fingerprint density at radius 2 is 2.19 bits per heavy atom. The van der Waals surface area contributed by atoms with Crippen LogP contribution < -0.4 is 5.32 Å². The fraction of sp³-hybridized carbons (Fsp3) is 0.444. The van der Waals surface area contributed by atoms with E-state index in [9.17, 15) is 14.5 Å². The summed E-state index contributed by atoms with van der Waals surface area (Å²) >= 11 is 6.59. The number of hydrogen-bond donors (Lipinski definition) is 3. The third-order valence-corrected chi connectivity index (χ3v) is 6.78. The number of ether oxygens (including phenoxy) is 1. The number of rotatable bonds is 10. The minimum Gasteiger partial charge on any atom is -0.612 e. The van der Waals surface area contributed by atoms with Crippen molar-refractivity contribution in [1.82, 2.24) is 5.32 Å². The van der Waals surface area contributed by atoms with Gasteiger partial charge in [0.25, 0.3) is 0 Å². The van der Waals surface area contributed by atoms with Crippen molar-refractivity contribution in [1.29, 1.82) is 5.41 Å². The summed E-state index contributed by atoms with van der Waals surface area (Å²) in [4.78, 5) is 14.2. The summed E-state index contributed by atoms with van der Waals surface area (Å²) in [5.74, 6) is -0.299. The van der Waals surface area contributed by atoms with E-state index >= 15 is 0 Å². The molecule has 3 N–H and O–H groups in total. The summed E-state index contributed by atoms with van der Waals surface area (Å²) in [6.07, 6.45) is 3.20. The van der Waals surface area contributed by atoms with E-state index in [-0.39, 0.29) is 33.7 Å². The first-order valence-corrected chi connectivity index (χ1v) is 11.3. The van der Waals surface area contributed by atoms with Gasteiger partial charge in [0.15, 0.2) is 10.8 Å². The number of ketones is 1. The molecule has 148 valence electrons. The van der Waals surface area contributed by atoms with Crippen LogP contribution in [0.4, 0.5) is 0 Å². The maximum Gasteiger partial charge on any atom is 0.201 e. The predicted octanol–water partition coefficient (Wildman–Crippen LogP) is 3.42. The smallest absolute Gasteiger partial charge is 0.201 e. The largest absolute Gasteiger partial charge is 0.612 e. The zero-order chi connectivity index (χ0) is 20.1. The van der Waals surface area contributed by atoms with Gasteiger partial charge in [-0.1, -0.05) is 11.6 Å². The monoisotopic (exact) mass is 430 g/mol. The van der Waals surface area contributed by atoms with Crippen LogP contribution in [0.3, 0.4) is 0 Å². The lowest BCUT2D eigenvalue weighted by Gasteiger charge is -2.16. The van der Waals surface area contributed by atoms with Crippen molar-refractivity contribution < 1.29 is 19.2 Å². The van der Waals surface area contributed by atoms with E-state index in [0.29, 0.717) is 22.2 Å². The third kappa shape index (κ3) is 5.20. The van der Waals surface area contributed by atoms with Gasteiger partial charge in [-0.05, 0) is 36.2 Å². The molecular formula is C18H23ClN2O4S2. The second kappa shape index (κ2) is 9.84. The number of hydrogen-bond acceptors (Lipinski definition) is 7. The molecule has 0 saturated heterocycles. The standard InChI is InChI=1S/C18H23ClN2O4S2/c1-21-18(23)13(15(20)10-4-5-10)16(22)11-6-7-12(27(3)24)17(14(11)19)26-9-8-25-2/h6-7,10,20-21,23H,4-5,8-9H2,1-3H3/b18-13-,20-15?. The van der Waals surface area contributed by atoms with Crippen LogP contribution in [0, 0.1) is 11.3 Å². The molecule has 0 radical (unpaired) electrons. The van der Waals surface area contributed by atoms with Crippen molar-refractivity contribution in [3.05, 3.63) is 34.2 Å². The summed E-state index contributed by atoms with van der Waals surface area (Å²) in [5.41, 5.74) is 0.216. The maximum atomic E-state index is 13.1. The van der Waals surface area contributed by atoms with E-state index < -0.39 is 17.0 Å². The molecule has 1 aromatic carbocycles. The van der Waals surface area contributed by atoms with E-state index in [1.165, 1.54) is 24.9 Å². The van der Waals surface area contributed by atoms with Gasteiger partial charge in [-0.3, -0.25) is 4.79 Å². The molecule has 1 fully saturated rings. The van der Waals surface area contributed by atoms with Crippen molar-refractivity contribution in [2.45, 2.75) is 22.6 Å². The molecule has 0 heterocycles. The number of Topliss-reactive ketones (excluding diaryl/α,β-unsaturated/α-hetero) is 1. The Morgan fingerprint density at radius 1 is 1.52 bits per heavy atom. The second-order valence-corrected chi connectivity index (χ2v) is 8.87. The Kier molecular flexibility index (Phi) is 8.05. The first kappa shape index (κ1) is 22.1. The Labute approximate surface area is 171 Å². The molecule has 1 unspecified atom stereocenters. The third-order valence-electron chi connectivity index (χ3n) is 4.10. The fourth-order valence-corrected chi connectivity index (χ4v) is 5.02. The minimum atomic E-state index is -1.28. The molecule has 0 spiro atoms. The van der Waals surface area contributed by atoms with Crippen molar-refractivity contribution in [3.63, 3.8) is 0 Å². The minimum absolute atomic E-state index is 0.0174. The van der Waals surface area contributed by atoms with Crippen LogP contribution in [-0.2, 0) is 15.9 Å². The zero-order valence-electron chi connectivity index (χ0n) is 15.4. The number of nitrogens with one attached hydrogen (secondary N) is 2. The van der Waals surface area contributed by atoms with Crippen LogP contribution in [0.15, 0.2) is 33.4 Å². The van der Waals surface area contributed by atoms with Gasteiger partial charge in [0.2, 0.25) is 5.78 Å². The highest BCUT2D eigenvalue weighted by Crippen LogP contribution is 2.39. The van der Waals surface area contributed by atoms with E-state index in [0.717, 1.165) is 12.8 Å². The van der Waals surface area contributed by atoms with Crippen LogP contribution in [0.1, 0.15) is 23.2 Å². The second-order valence-electron chi connectivity index (χ2n) is 6.04. The van der Waals surface area contributed by atoms with Crippen molar-refractivity contribution in [2.75, 3.05) is 32.8 Å². The zero-order valence-corrected chi connectivity index (χ0v) is 17.8. The van der Waals surface area contributed by atoms with Crippen molar-refractivity contribution in [2.24, 2.45) is 5.92 Å². The first-order chi connectivity index (χ1) is 12.8. The Hall–Kier alpha value is -1.19. The van der Waals surface area contributed by atoms with Gasteiger partial charge in [0.1, 0.15) is 11.8 Å². The van der Waals surface area contributed by atoms with Crippen molar-refractivity contribution >= 4 is 46.0 Å². The maximum absolute atomic E-state index is 13.1. The molecule has 0 amide bonds. The molecule has 6 nitrogen and oxygen atoms in total. The highest BCUT2D eigenvalue weighted by Gasteiger charge is 2.35. The quantitative estimate of drug-likeness (QED) is 0.0998. The van der Waals surface area contributed by atoms with Crippen LogP contribution in [0.5, 0.6) is 0 Å².